The lowest BCUT2D eigenvalue weighted by atomic mass is 9.71. The van der Waals surface area contributed by atoms with E-state index < -0.39 is 42.1 Å². The Hall–Kier alpha value is -2.26. The Morgan fingerprint density at radius 3 is 2.50 bits per heavy atom. The van der Waals surface area contributed by atoms with Gasteiger partial charge in [0.2, 0.25) is 5.92 Å². The van der Waals surface area contributed by atoms with E-state index in [9.17, 15) is 22.0 Å². The lowest BCUT2D eigenvalue weighted by molar-refractivity contribution is -0.144. The molecule has 1 N–H and O–H groups in total. The van der Waals surface area contributed by atoms with Gasteiger partial charge in [-0.2, -0.15) is 13.2 Å². The molecule has 0 radical (unpaired) electrons. The van der Waals surface area contributed by atoms with Crippen LogP contribution in [0.25, 0.3) is 0 Å². The molecule has 1 saturated heterocycles. The first kappa shape index (κ1) is 24.9. The zero-order valence-corrected chi connectivity index (χ0v) is 19.0. The number of rotatable bonds is 7. The molecule has 1 saturated carbocycles. The molecule has 2 fully saturated rings. The summed E-state index contributed by atoms with van der Waals surface area (Å²) < 4.78 is 76.6. The monoisotopic (exact) mass is 493 g/mol. The summed E-state index contributed by atoms with van der Waals surface area (Å²) >= 11 is 0. The van der Waals surface area contributed by atoms with Crippen LogP contribution < -0.4 is 5.32 Å². The number of halogens is 5. The van der Waals surface area contributed by atoms with Crippen molar-refractivity contribution in [2.45, 2.75) is 56.9 Å². The Balaban J connectivity index is 1.61. The predicted octanol–water partition coefficient (Wildman–Crippen LogP) is 1.59. The van der Waals surface area contributed by atoms with Crippen LogP contribution in [0.5, 0.6) is 0 Å². The molecule has 2 aromatic heterocycles. The molecule has 1 aliphatic heterocycles. The van der Waals surface area contributed by atoms with E-state index in [1.807, 2.05) is 0 Å². The fourth-order valence-corrected chi connectivity index (χ4v) is 4.87. The van der Waals surface area contributed by atoms with E-state index in [0.29, 0.717) is 36.8 Å². The van der Waals surface area contributed by atoms with Gasteiger partial charge in [-0.15, -0.1) is 10.2 Å². The molecule has 4 rings (SSSR count). The number of nitrogens with zero attached hydrogens (tertiary/aromatic N) is 8. The number of tetrazole rings is 1. The third-order valence-electron chi connectivity index (χ3n) is 6.73. The average molecular weight is 493 g/mol. The largest absolute Gasteiger partial charge is 0.434 e. The lowest BCUT2D eigenvalue weighted by Crippen LogP contribution is -2.54. The summed E-state index contributed by atoms with van der Waals surface area (Å²) in [5.41, 5.74) is -2.46. The number of alkyl halides is 5. The van der Waals surface area contributed by atoms with Gasteiger partial charge in [-0.25, -0.2) is 18.1 Å². The summed E-state index contributed by atoms with van der Waals surface area (Å²) in [4.78, 5) is 2.18. The van der Waals surface area contributed by atoms with E-state index in [1.165, 1.54) is 0 Å². The number of nitrogens with one attached hydrogen (secondary N) is 1. The minimum atomic E-state index is -4.66. The van der Waals surface area contributed by atoms with Crippen LogP contribution in [-0.4, -0.2) is 78.9 Å². The third kappa shape index (κ3) is 5.05. The minimum absolute atomic E-state index is 0.0410. The van der Waals surface area contributed by atoms with E-state index in [2.05, 4.69) is 36.1 Å². The summed E-state index contributed by atoms with van der Waals surface area (Å²) in [5, 5.41) is 22.2. The highest BCUT2D eigenvalue weighted by atomic mass is 19.4. The molecule has 2 aliphatic rings. The molecular formula is C19H28F5N9O. The SMILES string of the molecule is CC1CC(F)(F)CCC1(NCc1nnn(C)c1C(F)(F)F)c1nnnn1CCN1CCOCC1. The molecule has 0 amide bonds. The first-order valence-electron chi connectivity index (χ1n) is 11.2. The Morgan fingerprint density at radius 1 is 1.09 bits per heavy atom. The van der Waals surface area contributed by atoms with Crippen LogP contribution in [0.1, 0.15) is 43.4 Å². The van der Waals surface area contributed by atoms with Crippen molar-refractivity contribution in [1.82, 2.24) is 45.4 Å². The maximum absolute atomic E-state index is 14.2. The number of aromatic nitrogens is 7. The van der Waals surface area contributed by atoms with Gasteiger partial charge in [0.1, 0.15) is 5.69 Å². The van der Waals surface area contributed by atoms with Gasteiger partial charge in [-0.3, -0.25) is 10.2 Å². The average Bonchev–Trinajstić information content (AvgIpc) is 3.39. The van der Waals surface area contributed by atoms with E-state index in [-0.39, 0.29) is 18.7 Å². The van der Waals surface area contributed by atoms with Gasteiger partial charge < -0.3 is 4.74 Å². The summed E-state index contributed by atoms with van der Waals surface area (Å²) in [5.74, 6) is -3.20. The van der Waals surface area contributed by atoms with Crippen LogP contribution in [0, 0.1) is 5.92 Å². The van der Waals surface area contributed by atoms with Crippen LogP contribution in [0.3, 0.4) is 0 Å². The van der Waals surface area contributed by atoms with Crippen molar-refractivity contribution in [2.24, 2.45) is 13.0 Å². The first-order valence-corrected chi connectivity index (χ1v) is 11.2. The van der Waals surface area contributed by atoms with Gasteiger partial charge in [0.15, 0.2) is 11.5 Å². The van der Waals surface area contributed by atoms with E-state index >= 15 is 0 Å². The van der Waals surface area contributed by atoms with Gasteiger partial charge in [0.05, 0.1) is 25.3 Å². The zero-order valence-electron chi connectivity index (χ0n) is 19.0. The zero-order chi connectivity index (χ0) is 24.6. The maximum Gasteiger partial charge on any atom is 0.434 e. The van der Waals surface area contributed by atoms with Crippen molar-refractivity contribution in [3.8, 4) is 0 Å². The van der Waals surface area contributed by atoms with Crippen molar-refractivity contribution >= 4 is 0 Å². The first-order chi connectivity index (χ1) is 16.0. The number of hydrogen-bond donors (Lipinski definition) is 1. The number of aryl methyl sites for hydroxylation is 1. The van der Waals surface area contributed by atoms with Crippen molar-refractivity contribution in [3.63, 3.8) is 0 Å². The number of hydrogen-bond acceptors (Lipinski definition) is 8. The summed E-state index contributed by atoms with van der Waals surface area (Å²) in [7, 11) is 1.16. The van der Waals surface area contributed by atoms with Crippen LogP contribution in [-0.2, 0) is 36.6 Å². The molecule has 3 heterocycles. The Morgan fingerprint density at radius 2 is 1.82 bits per heavy atom. The van der Waals surface area contributed by atoms with Crippen LogP contribution in [0.4, 0.5) is 22.0 Å². The van der Waals surface area contributed by atoms with Gasteiger partial charge in [-0.1, -0.05) is 12.1 Å². The normalized spacial score (nSPS) is 26.1. The lowest BCUT2D eigenvalue weighted by Gasteiger charge is -2.44. The molecule has 0 aromatic carbocycles. The smallest absolute Gasteiger partial charge is 0.379 e. The molecule has 10 nitrogen and oxygen atoms in total. The standard InChI is InChI=1S/C19H28F5N9O/c1-13-11-17(20,21)3-4-18(13,25-12-14-15(19(22,23)24)31(2)29-26-14)16-27-28-30-33(16)6-5-32-7-9-34-10-8-32/h13,25H,3-12H2,1-2H3. The molecule has 1 aliphatic carbocycles. The topological polar surface area (TPSA) is 98.8 Å². The van der Waals surface area contributed by atoms with Crippen molar-refractivity contribution in [2.75, 3.05) is 32.8 Å². The highest BCUT2D eigenvalue weighted by molar-refractivity contribution is 5.17. The highest BCUT2D eigenvalue weighted by Gasteiger charge is 2.52. The van der Waals surface area contributed by atoms with E-state index in [1.54, 1.807) is 11.6 Å². The molecule has 2 unspecified atom stereocenters. The molecule has 0 bridgehead atoms. The summed E-state index contributed by atoms with van der Waals surface area (Å²) in [6, 6.07) is 0. The molecule has 190 valence electrons. The second kappa shape index (κ2) is 9.41. The van der Waals surface area contributed by atoms with Crippen molar-refractivity contribution in [3.05, 3.63) is 17.2 Å². The van der Waals surface area contributed by atoms with Crippen LogP contribution in [0.2, 0.25) is 0 Å². The Labute approximate surface area is 192 Å². The number of ether oxygens (including phenoxy) is 1. The number of morpholine rings is 1. The van der Waals surface area contributed by atoms with Gasteiger partial charge in [-0.05, 0) is 22.8 Å². The molecule has 34 heavy (non-hydrogen) atoms. The second-order valence-corrected chi connectivity index (χ2v) is 8.97. The van der Waals surface area contributed by atoms with E-state index in [0.717, 1.165) is 20.1 Å². The molecular weight excluding hydrogens is 465 g/mol. The maximum atomic E-state index is 14.2. The fraction of sp³-hybridized carbons (Fsp3) is 0.842. The molecule has 0 spiro atoms. The second-order valence-electron chi connectivity index (χ2n) is 8.97. The predicted molar refractivity (Wildman–Crippen MR) is 108 cm³/mol. The summed E-state index contributed by atoms with van der Waals surface area (Å²) in [6.07, 6.45) is -5.58. The minimum Gasteiger partial charge on any atom is -0.379 e. The van der Waals surface area contributed by atoms with Crippen LogP contribution in [0.15, 0.2) is 0 Å². The molecule has 2 atom stereocenters. The van der Waals surface area contributed by atoms with Gasteiger partial charge >= 0.3 is 6.18 Å². The molecule has 15 heteroatoms. The fourth-order valence-electron chi connectivity index (χ4n) is 4.87. The van der Waals surface area contributed by atoms with E-state index in [4.69, 9.17) is 4.74 Å². The quantitative estimate of drug-likeness (QED) is 0.581. The summed E-state index contributed by atoms with van der Waals surface area (Å²) in [6.45, 7) is 5.13. The Bertz CT molecular complexity index is 972. The highest BCUT2D eigenvalue weighted by Crippen LogP contribution is 2.47. The Kier molecular flexibility index (Phi) is 6.88. The van der Waals surface area contributed by atoms with Gasteiger partial charge in [0.25, 0.3) is 0 Å². The van der Waals surface area contributed by atoms with Crippen molar-refractivity contribution in [1.29, 1.82) is 0 Å². The molecule has 2 aromatic rings. The van der Waals surface area contributed by atoms with Gasteiger partial charge in [0, 0.05) is 46.1 Å². The van der Waals surface area contributed by atoms with Crippen LogP contribution >= 0.6 is 0 Å². The van der Waals surface area contributed by atoms with Crippen molar-refractivity contribution < 1.29 is 26.7 Å². The third-order valence-corrected chi connectivity index (χ3v) is 6.73.